The molecule has 1 N–H and O–H groups in total. The first-order valence-electron chi connectivity index (χ1n) is 5.77. The first kappa shape index (κ1) is 13.6. The molecule has 1 saturated heterocycles. The molecule has 0 radical (unpaired) electrons. The van der Waals surface area contributed by atoms with Gasteiger partial charge in [-0.05, 0) is 12.1 Å². The highest BCUT2D eigenvalue weighted by molar-refractivity contribution is 6.30. The SMILES string of the molecule is Fc1cc(Cl)ccc1[C@@H](C(F)F)N1CCNCC1. The number of hydrogen-bond donors (Lipinski definition) is 1. The van der Waals surface area contributed by atoms with Crippen molar-refractivity contribution in [2.75, 3.05) is 26.2 Å². The van der Waals surface area contributed by atoms with Crippen molar-refractivity contribution in [3.63, 3.8) is 0 Å². The van der Waals surface area contributed by atoms with Gasteiger partial charge >= 0.3 is 0 Å². The molecule has 0 unspecified atom stereocenters. The Morgan fingerprint density at radius 3 is 2.44 bits per heavy atom. The molecule has 100 valence electrons. The molecule has 6 heteroatoms. The maximum atomic E-state index is 13.8. The summed E-state index contributed by atoms with van der Waals surface area (Å²) < 4.78 is 40.1. The van der Waals surface area contributed by atoms with E-state index in [9.17, 15) is 13.2 Å². The third-order valence-electron chi connectivity index (χ3n) is 3.06. The summed E-state index contributed by atoms with van der Waals surface area (Å²) in [6.07, 6.45) is -2.63. The molecule has 1 aromatic rings. The number of hydrogen-bond acceptors (Lipinski definition) is 2. The van der Waals surface area contributed by atoms with Gasteiger partial charge in [0, 0.05) is 36.8 Å². The van der Waals surface area contributed by atoms with E-state index in [1.807, 2.05) is 0 Å². The van der Waals surface area contributed by atoms with E-state index in [2.05, 4.69) is 5.32 Å². The topological polar surface area (TPSA) is 15.3 Å². The van der Waals surface area contributed by atoms with E-state index in [1.165, 1.54) is 12.1 Å². The lowest BCUT2D eigenvalue weighted by Gasteiger charge is -2.34. The van der Waals surface area contributed by atoms with Crippen molar-refractivity contribution in [2.45, 2.75) is 12.5 Å². The van der Waals surface area contributed by atoms with Gasteiger partial charge in [-0.25, -0.2) is 13.2 Å². The molecule has 0 spiro atoms. The van der Waals surface area contributed by atoms with Gasteiger partial charge in [-0.1, -0.05) is 17.7 Å². The summed E-state index contributed by atoms with van der Waals surface area (Å²) in [6.45, 7) is 2.24. The van der Waals surface area contributed by atoms with Gasteiger partial charge in [0.1, 0.15) is 5.82 Å². The Labute approximate surface area is 109 Å². The third-order valence-corrected chi connectivity index (χ3v) is 3.30. The molecule has 1 aliphatic rings. The summed E-state index contributed by atoms with van der Waals surface area (Å²) in [5.74, 6) is -0.675. The number of nitrogens with zero attached hydrogens (tertiary/aromatic N) is 1. The maximum absolute atomic E-state index is 13.8. The highest BCUT2D eigenvalue weighted by atomic mass is 35.5. The zero-order valence-corrected chi connectivity index (χ0v) is 10.4. The van der Waals surface area contributed by atoms with Crippen LogP contribution in [0.1, 0.15) is 11.6 Å². The summed E-state index contributed by atoms with van der Waals surface area (Å²) in [5, 5.41) is 3.29. The van der Waals surface area contributed by atoms with Crippen molar-refractivity contribution in [1.29, 1.82) is 0 Å². The molecule has 1 atom stereocenters. The molecular weight excluding hydrogens is 265 g/mol. The summed E-state index contributed by atoms with van der Waals surface area (Å²) in [6, 6.07) is 2.66. The Morgan fingerprint density at radius 1 is 1.22 bits per heavy atom. The van der Waals surface area contributed by atoms with Crippen molar-refractivity contribution < 1.29 is 13.2 Å². The van der Waals surface area contributed by atoms with E-state index in [0.717, 1.165) is 6.07 Å². The molecule has 1 aromatic carbocycles. The lowest BCUT2D eigenvalue weighted by Crippen LogP contribution is -2.47. The molecule has 1 aliphatic heterocycles. The minimum atomic E-state index is -2.63. The van der Waals surface area contributed by atoms with Gasteiger partial charge in [0.2, 0.25) is 0 Å². The van der Waals surface area contributed by atoms with Gasteiger partial charge in [-0.3, -0.25) is 4.90 Å². The standard InChI is InChI=1S/C12H14ClF3N2/c13-8-1-2-9(10(14)7-8)11(12(15)16)18-5-3-17-4-6-18/h1-2,7,11-12,17H,3-6H2/t11-/m0/s1. The number of alkyl halides is 2. The summed E-state index contributed by atoms with van der Waals surface area (Å²) in [4.78, 5) is 1.60. The lowest BCUT2D eigenvalue weighted by atomic mass is 10.0. The van der Waals surface area contributed by atoms with Gasteiger partial charge in [0.15, 0.2) is 0 Å². The fourth-order valence-electron chi connectivity index (χ4n) is 2.19. The van der Waals surface area contributed by atoms with Crippen LogP contribution in [0.4, 0.5) is 13.2 Å². The fourth-order valence-corrected chi connectivity index (χ4v) is 2.35. The van der Waals surface area contributed by atoms with Crippen molar-refractivity contribution in [3.8, 4) is 0 Å². The number of rotatable bonds is 3. The van der Waals surface area contributed by atoms with Crippen LogP contribution in [0.2, 0.25) is 5.02 Å². The fraction of sp³-hybridized carbons (Fsp3) is 0.500. The molecule has 1 fully saturated rings. The van der Waals surface area contributed by atoms with Crippen LogP contribution < -0.4 is 5.32 Å². The number of halogens is 4. The van der Waals surface area contributed by atoms with Crippen LogP contribution in [0.5, 0.6) is 0 Å². The summed E-state index contributed by atoms with van der Waals surface area (Å²) in [5.41, 5.74) is 0.0105. The number of nitrogens with one attached hydrogen (secondary N) is 1. The van der Waals surface area contributed by atoms with Gasteiger partial charge in [-0.2, -0.15) is 0 Å². The first-order valence-corrected chi connectivity index (χ1v) is 6.15. The van der Waals surface area contributed by atoms with Gasteiger partial charge < -0.3 is 5.32 Å². The van der Waals surface area contributed by atoms with Crippen molar-refractivity contribution >= 4 is 11.6 Å². The van der Waals surface area contributed by atoms with Crippen LogP contribution in [0.3, 0.4) is 0 Å². The molecular formula is C12H14ClF3N2. The van der Waals surface area contributed by atoms with Crippen LogP contribution in [-0.4, -0.2) is 37.5 Å². The Hall–Kier alpha value is -0.780. The molecule has 1 heterocycles. The minimum Gasteiger partial charge on any atom is -0.314 e. The third kappa shape index (κ3) is 2.96. The van der Waals surface area contributed by atoms with Crippen molar-refractivity contribution in [1.82, 2.24) is 10.2 Å². The Morgan fingerprint density at radius 2 is 1.89 bits per heavy atom. The van der Waals surface area contributed by atoms with Gasteiger partial charge in [0.05, 0.1) is 6.04 Å². The summed E-state index contributed by atoms with van der Waals surface area (Å²) in [7, 11) is 0. The van der Waals surface area contributed by atoms with Crippen LogP contribution >= 0.6 is 11.6 Å². The second-order valence-electron chi connectivity index (χ2n) is 4.23. The van der Waals surface area contributed by atoms with Crippen LogP contribution in [0.25, 0.3) is 0 Å². The Kier molecular flexibility index (Phi) is 4.48. The average Bonchev–Trinajstić information content (AvgIpc) is 2.33. The first-order chi connectivity index (χ1) is 8.59. The van der Waals surface area contributed by atoms with Crippen LogP contribution in [0.15, 0.2) is 18.2 Å². The van der Waals surface area contributed by atoms with E-state index in [-0.39, 0.29) is 10.6 Å². The number of benzene rings is 1. The van der Waals surface area contributed by atoms with Gasteiger partial charge in [0.25, 0.3) is 6.43 Å². The van der Waals surface area contributed by atoms with E-state index in [4.69, 9.17) is 11.6 Å². The zero-order valence-electron chi connectivity index (χ0n) is 9.67. The monoisotopic (exact) mass is 278 g/mol. The Bertz CT molecular complexity index is 408. The lowest BCUT2D eigenvalue weighted by molar-refractivity contribution is 0.0164. The molecule has 2 nitrogen and oxygen atoms in total. The Balaban J connectivity index is 2.28. The number of piperazine rings is 1. The molecule has 0 aliphatic carbocycles. The van der Waals surface area contributed by atoms with Crippen LogP contribution in [0, 0.1) is 5.82 Å². The molecule has 0 bridgehead atoms. The van der Waals surface area contributed by atoms with E-state index in [0.29, 0.717) is 26.2 Å². The minimum absolute atomic E-state index is 0.0105. The summed E-state index contributed by atoms with van der Waals surface area (Å²) >= 11 is 5.64. The maximum Gasteiger partial charge on any atom is 0.258 e. The molecule has 2 rings (SSSR count). The quantitative estimate of drug-likeness (QED) is 0.914. The predicted molar refractivity (Wildman–Crippen MR) is 64.6 cm³/mol. The molecule has 18 heavy (non-hydrogen) atoms. The zero-order chi connectivity index (χ0) is 13.1. The van der Waals surface area contributed by atoms with E-state index >= 15 is 0 Å². The van der Waals surface area contributed by atoms with E-state index in [1.54, 1.807) is 4.90 Å². The molecule has 0 saturated carbocycles. The van der Waals surface area contributed by atoms with Crippen LogP contribution in [-0.2, 0) is 0 Å². The smallest absolute Gasteiger partial charge is 0.258 e. The second kappa shape index (κ2) is 5.91. The molecule has 0 amide bonds. The molecule has 0 aromatic heterocycles. The normalized spacial score (nSPS) is 19.2. The highest BCUT2D eigenvalue weighted by Crippen LogP contribution is 2.30. The van der Waals surface area contributed by atoms with Crippen molar-refractivity contribution in [2.24, 2.45) is 0 Å². The average molecular weight is 279 g/mol. The largest absolute Gasteiger partial charge is 0.314 e. The second-order valence-corrected chi connectivity index (χ2v) is 4.67. The van der Waals surface area contributed by atoms with Gasteiger partial charge in [-0.15, -0.1) is 0 Å². The van der Waals surface area contributed by atoms with Crippen molar-refractivity contribution in [3.05, 3.63) is 34.6 Å². The predicted octanol–water partition coefficient (Wildman–Crippen LogP) is 2.69. The van der Waals surface area contributed by atoms with E-state index < -0.39 is 18.3 Å². The highest BCUT2D eigenvalue weighted by Gasteiger charge is 2.32.